The number of rotatable bonds is 5. The van der Waals surface area contributed by atoms with Crippen LogP contribution in [0.2, 0.25) is 0 Å². The van der Waals surface area contributed by atoms with Crippen molar-refractivity contribution >= 4 is 23.5 Å². The summed E-state index contributed by atoms with van der Waals surface area (Å²) in [5.41, 5.74) is 6.92. The summed E-state index contributed by atoms with van der Waals surface area (Å²) >= 11 is 1.09. The molecule has 0 saturated heterocycles. The summed E-state index contributed by atoms with van der Waals surface area (Å²) in [7, 11) is 0. The van der Waals surface area contributed by atoms with Gasteiger partial charge in [0.15, 0.2) is 11.5 Å². The molecule has 9 heteroatoms. The van der Waals surface area contributed by atoms with E-state index in [2.05, 4.69) is 10.3 Å². The highest BCUT2D eigenvalue weighted by atomic mass is 32.2. The first-order valence-corrected chi connectivity index (χ1v) is 8.92. The SMILES string of the molecule is CC(NC(=O)CSc1nc(N)c(C#N)cc1C#N)c1ccc2c(c1)OCO2. The van der Waals surface area contributed by atoms with Gasteiger partial charge in [-0.3, -0.25) is 4.79 Å². The number of aromatic nitrogens is 1. The molecule has 0 saturated carbocycles. The Kier molecular flexibility index (Phi) is 5.34. The van der Waals surface area contributed by atoms with Gasteiger partial charge < -0.3 is 20.5 Å². The number of nitrogens with zero attached hydrogens (tertiary/aromatic N) is 3. The molecule has 0 fully saturated rings. The number of hydrogen-bond acceptors (Lipinski definition) is 8. The molecule has 0 radical (unpaired) electrons. The first kappa shape index (κ1) is 18.4. The van der Waals surface area contributed by atoms with Gasteiger partial charge in [-0.1, -0.05) is 17.8 Å². The third-order valence-electron chi connectivity index (χ3n) is 3.87. The van der Waals surface area contributed by atoms with E-state index in [0.717, 1.165) is 17.3 Å². The molecular weight excluding hydrogens is 366 g/mol. The molecule has 1 unspecified atom stereocenters. The Hall–Kier alpha value is -3.43. The topological polar surface area (TPSA) is 134 Å². The van der Waals surface area contributed by atoms with E-state index in [4.69, 9.17) is 20.5 Å². The Labute approximate surface area is 159 Å². The molecule has 8 nitrogen and oxygen atoms in total. The zero-order chi connectivity index (χ0) is 19.4. The minimum atomic E-state index is -0.234. The second kappa shape index (κ2) is 7.85. The number of pyridine rings is 1. The quantitative estimate of drug-likeness (QED) is 0.752. The van der Waals surface area contributed by atoms with Crippen LogP contribution in [0.4, 0.5) is 5.82 Å². The number of carbonyl (C=O) groups is 1. The number of benzene rings is 1. The maximum atomic E-state index is 12.3. The molecule has 0 spiro atoms. The van der Waals surface area contributed by atoms with E-state index in [1.54, 1.807) is 6.07 Å². The lowest BCUT2D eigenvalue weighted by Crippen LogP contribution is -2.28. The van der Waals surface area contributed by atoms with Gasteiger partial charge >= 0.3 is 0 Å². The normalized spacial score (nSPS) is 12.7. The monoisotopic (exact) mass is 381 g/mol. The van der Waals surface area contributed by atoms with Gasteiger partial charge in [-0.25, -0.2) is 4.98 Å². The number of hydrogen-bond donors (Lipinski definition) is 2. The van der Waals surface area contributed by atoms with Crippen LogP contribution in [0.15, 0.2) is 29.3 Å². The molecule has 136 valence electrons. The van der Waals surface area contributed by atoms with Crippen LogP contribution in [-0.2, 0) is 4.79 Å². The summed E-state index contributed by atoms with van der Waals surface area (Å²) in [5, 5.41) is 21.3. The van der Waals surface area contributed by atoms with Crippen LogP contribution in [0.1, 0.15) is 29.7 Å². The summed E-state index contributed by atoms with van der Waals surface area (Å²) < 4.78 is 10.6. The highest BCUT2D eigenvalue weighted by Crippen LogP contribution is 2.34. The van der Waals surface area contributed by atoms with Crippen LogP contribution >= 0.6 is 11.8 Å². The minimum Gasteiger partial charge on any atom is -0.454 e. The molecule has 2 aromatic rings. The molecule has 0 aliphatic carbocycles. The van der Waals surface area contributed by atoms with Crippen LogP contribution in [0.5, 0.6) is 11.5 Å². The zero-order valence-corrected chi connectivity index (χ0v) is 15.2. The van der Waals surface area contributed by atoms with Crippen LogP contribution in [0, 0.1) is 22.7 Å². The van der Waals surface area contributed by atoms with Crippen molar-refractivity contribution in [2.75, 3.05) is 18.3 Å². The molecule has 0 bridgehead atoms. The zero-order valence-electron chi connectivity index (χ0n) is 14.4. The first-order valence-electron chi connectivity index (χ1n) is 7.94. The number of nitrogen functional groups attached to an aromatic ring is 1. The van der Waals surface area contributed by atoms with E-state index in [-0.39, 0.29) is 41.4 Å². The number of anilines is 1. The summed E-state index contributed by atoms with van der Waals surface area (Å²) in [5.74, 6) is 1.20. The van der Waals surface area contributed by atoms with Crippen molar-refractivity contribution in [2.24, 2.45) is 0 Å². The smallest absolute Gasteiger partial charge is 0.231 e. The van der Waals surface area contributed by atoms with Crippen molar-refractivity contribution in [1.29, 1.82) is 10.5 Å². The Morgan fingerprint density at radius 3 is 2.78 bits per heavy atom. The standard InChI is InChI=1S/C18H15N5O3S/c1-10(11-2-3-14-15(5-11)26-9-25-14)22-16(24)8-27-18-13(7-20)4-12(6-19)17(21)23-18/h2-5,10H,8-9H2,1H3,(H2,21,23)(H,22,24). The number of thioether (sulfide) groups is 1. The van der Waals surface area contributed by atoms with Crippen molar-refractivity contribution < 1.29 is 14.3 Å². The van der Waals surface area contributed by atoms with E-state index < -0.39 is 0 Å². The molecule has 1 amide bonds. The lowest BCUT2D eigenvalue weighted by Gasteiger charge is -2.15. The van der Waals surface area contributed by atoms with Gasteiger partial charge in [0.1, 0.15) is 23.0 Å². The number of nitrogens with two attached hydrogens (primary N) is 1. The molecule has 1 atom stereocenters. The third kappa shape index (κ3) is 4.05. The molecule has 27 heavy (non-hydrogen) atoms. The highest BCUT2D eigenvalue weighted by molar-refractivity contribution is 8.00. The van der Waals surface area contributed by atoms with Gasteiger partial charge in [-0.2, -0.15) is 10.5 Å². The number of nitriles is 2. The summed E-state index contributed by atoms with van der Waals surface area (Å²) in [6.45, 7) is 2.05. The fourth-order valence-corrected chi connectivity index (χ4v) is 3.25. The Morgan fingerprint density at radius 2 is 2.04 bits per heavy atom. The fourth-order valence-electron chi connectivity index (χ4n) is 2.47. The number of nitrogens with one attached hydrogen (secondary N) is 1. The largest absolute Gasteiger partial charge is 0.454 e. The Morgan fingerprint density at radius 1 is 1.30 bits per heavy atom. The van der Waals surface area contributed by atoms with Crippen molar-refractivity contribution in [3.05, 3.63) is 41.0 Å². The van der Waals surface area contributed by atoms with E-state index >= 15 is 0 Å². The van der Waals surface area contributed by atoms with Crippen LogP contribution in [-0.4, -0.2) is 23.4 Å². The highest BCUT2D eigenvalue weighted by Gasteiger charge is 2.18. The predicted octanol–water partition coefficient (Wildman–Crippen LogP) is 2.11. The summed E-state index contributed by atoms with van der Waals surface area (Å²) in [6.07, 6.45) is 0. The van der Waals surface area contributed by atoms with E-state index in [1.165, 1.54) is 6.07 Å². The molecule has 3 N–H and O–H groups in total. The molecule has 2 heterocycles. The number of amides is 1. The molecule has 1 aromatic heterocycles. The van der Waals surface area contributed by atoms with Crippen molar-refractivity contribution in [2.45, 2.75) is 18.0 Å². The average molecular weight is 381 g/mol. The van der Waals surface area contributed by atoms with Gasteiger partial charge in [0.25, 0.3) is 0 Å². The fraction of sp³-hybridized carbons (Fsp3) is 0.222. The van der Waals surface area contributed by atoms with E-state index in [0.29, 0.717) is 16.5 Å². The van der Waals surface area contributed by atoms with Crippen molar-refractivity contribution in [3.8, 4) is 23.6 Å². The molecule has 1 aromatic carbocycles. The Bertz CT molecular complexity index is 980. The van der Waals surface area contributed by atoms with Gasteiger partial charge in [-0.05, 0) is 30.7 Å². The van der Waals surface area contributed by atoms with Crippen LogP contribution in [0.25, 0.3) is 0 Å². The molecule has 1 aliphatic heterocycles. The maximum absolute atomic E-state index is 12.3. The predicted molar refractivity (Wildman–Crippen MR) is 97.9 cm³/mol. The lowest BCUT2D eigenvalue weighted by molar-refractivity contribution is -0.119. The maximum Gasteiger partial charge on any atom is 0.231 e. The van der Waals surface area contributed by atoms with Crippen LogP contribution < -0.4 is 20.5 Å². The van der Waals surface area contributed by atoms with Gasteiger partial charge in [0.2, 0.25) is 12.7 Å². The number of fused-ring (bicyclic) bond motifs is 1. The summed E-state index contributed by atoms with van der Waals surface area (Å²) in [6, 6.07) is 10.5. The second-order valence-corrected chi connectivity index (χ2v) is 6.65. The van der Waals surface area contributed by atoms with Crippen molar-refractivity contribution in [1.82, 2.24) is 10.3 Å². The van der Waals surface area contributed by atoms with Gasteiger partial charge in [0.05, 0.1) is 22.9 Å². The van der Waals surface area contributed by atoms with E-state index in [1.807, 2.05) is 31.2 Å². The van der Waals surface area contributed by atoms with Gasteiger partial charge in [-0.15, -0.1) is 0 Å². The summed E-state index contributed by atoms with van der Waals surface area (Å²) in [4.78, 5) is 16.3. The van der Waals surface area contributed by atoms with Gasteiger partial charge in [0, 0.05) is 0 Å². The number of ether oxygens (including phenoxy) is 2. The molecule has 3 rings (SSSR count). The van der Waals surface area contributed by atoms with Crippen LogP contribution in [0.3, 0.4) is 0 Å². The molecule has 1 aliphatic rings. The third-order valence-corrected chi connectivity index (χ3v) is 4.86. The second-order valence-electron chi connectivity index (χ2n) is 5.69. The van der Waals surface area contributed by atoms with E-state index in [9.17, 15) is 10.1 Å². The average Bonchev–Trinajstić information content (AvgIpc) is 3.14. The number of carbonyl (C=O) groups excluding carboxylic acids is 1. The van der Waals surface area contributed by atoms with Crippen molar-refractivity contribution in [3.63, 3.8) is 0 Å². The molecular formula is C18H15N5O3S. The Balaban J connectivity index is 1.62. The first-order chi connectivity index (χ1) is 13.0. The minimum absolute atomic E-state index is 0.0353. The lowest BCUT2D eigenvalue weighted by atomic mass is 10.1.